The van der Waals surface area contributed by atoms with Crippen LogP contribution in [0.15, 0.2) is 34.8 Å². The molecule has 0 bridgehead atoms. The first-order valence-electron chi connectivity index (χ1n) is 5.94. The van der Waals surface area contributed by atoms with Crippen LogP contribution in [0.25, 0.3) is 0 Å². The van der Waals surface area contributed by atoms with Gasteiger partial charge in [-0.15, -0.1) is 0 Å². The number of rotatable bonds is 3. The Hall–Kier alpha value is -1.39. The van der Waals surface area contributed by atoms with Crippen LogP contribution in [0.4, 0.5) is 4.39 Å². The van der Waals surface area contributed by atoms with Crippen LogP contribution in [-0.2, 0) is 6.54 Å². The van der Waals surface area contributed by atoms with Crippen molar-refractivity contribution in [3.8, 4) is 11.5 Å². The summed E-state index contributed by atoms with van der Waals surface area (Å²) in [6.07, 6.45) is 0. The van der Waals surface area contributed by atoms with Crippen LogP contribution in [0.2, 0.25) is 0 Å². The number of aryl methyl sites for hydroxylation is 2. The van der Waals surface area contributed by atoms with E-state index in [9.17, 15) is 4.39 Å². The maximum atomic E-state index is 13.1. The second kappa shape index (κ2) is 5.72. The Morgan fingerprint density at radius 1 is 1.16 bits per heavy atom. The third-order valence-corrected chi connectivity index (χ3v) is 4.13. The molecule has 2 nitrogen and oxygen atoms in total. The lowest BCUT2D eigenvalue weighted by Crippen LogP contribution is -2.00. The molecule has 2 aromatic rings. The number of hydrogen-bond donors (Lipinski definition) is 1. The van der Waals surface area contributed by atoms with Gasteiger partial charge in [0, 0.05) is 16.6 Å². The smallest absolute Gasteiger partial charge is 0.132 e. The molecule has 0 aliphatic rings. The molecule has 0 fully saturated rings. The molecule has 2 N–H and O–H groups in total. The standard InChI is InChI=1S/C15H15BrFNO/c1-9-5-13(6-10(2)15(9)16)19-14-4-3-12(17)7-11(14)8-18/h3-7H,8,18H2,1-2H3. The lowest BCUT2D eigenvalue weighted by atomic mass is 10.1. The van der Waals surface area contributed by atoms with E-state index < -0.39 is 0 Å². The molecule has 2 rings (SSSR count). The molecular weight excluding hydrogens is 309 g/mol. The van der Waals surface area contributed by atoms with Crippen molar-refractivity contribution >= 4 is 15.9 Å². The van der Waals surface area contributed by atoms with E-state index in [-0.39, 0.29) is 12.4 Å². The fraction of sp³-hybridized carbons (Fsp3) is 0.200. The van der Waals surface area contributed by atoms with Gasteiger partial charge < -0.3 is 10.5 Å². The van der Waals surface area contributed by atoms with Crippen LogP contribution in [0.3, 0.4) is 0 Å². The summed E-state index contributed by atoms with van der Waals surface area (Å²) in [7, 11) is 0. The Morgan fingerprint density at radius 2 is 1.79 bits per heavy atom. The van der Waals surface area contributed by atoms with Gasteiger partial charge in [0.1, 0.15) is 17.3 Å². The van der Waals surface area contributed by atoms with Gasteiger partial charge in [-0.05, 0) is 55.3 Å². The minimum Gasteiger partial charge on any atom is -0.457 e. The number of nitrogens with two attached hydrogens (primary N) is 1. The van der Waals surface area contributed by atoms with Crippen molar-refractivity contribution in [3.63, 3.8) is 0 Å². The molecule has 0 unspecified atom stereocenters. The van der Waals surface area contributed by atoms with Crippen LogP contribution in [0.5, 0.6) is 11.5 Å². The van der Waals surface area contributed by atoms with Gasteiger partial charge >= 0.3 is 0 Å². The quantitative estimate of drug-likeness (QED) is 0.905. The zero-order valence-corrected chi connectivity index (χ0v) is 12.4. The van der Waals surface area contributed by atoms with Gasteiger partial charge in [-0.3, -0.25) is 0 Å². The fourth-order valence-corrected chi connectivity index (χ4v) is 2.13. The van der Waals surface area contributed by atoms with Gasteiger partial charge in [-0.25, -0.2) is 4.39 Å². The molecule has 0 heterocycles. The zero-order chi connectivity index (χ0) is 14.0. The SMILES string of the molecule is Cc1cc(Oc2ccc(F)cc2CN)cc(C)c1Br. The summed E-state index contributed by atoms with van der Waals surface area (Å²) in [5, 5.41) is 0. The van der Waals surface area contributed by atoms with Crippen molar-refractivity contribution < 1.29 is 9.13 Å². The monoisotopic (exact) mass is 323 g/mol. The summed E-state index contributed by atoms with van der Waals surface area (Å²) in [5.74, 6) is 1.00. The minimum atomic E-state index is -0.309. The van der Waals surface area contributed by atoms with Gasteiger partial charge in [0.2, 0.25) is 0 Å². The van der Waals surface area contributed by atoms with Crippen LogP contribution in [0, 0.1) is 19.7 Å². The highest BCUT2D eigenvalue weighted by molar-refractivity contribution is 9.10. The molecule has 0 aliphatic heterocycles. The zero-order valence-electron chi connectivity index (χ0n) is 10.8. The van der Waals surface area contributed by atoms with Gasteiger partial charge in [0.25, 0.3) is 0 Å². The second-order valence-corrected chi connectivity index (χ2v) is 5.22. The van der Waals surface area contributed by atoms with Crippen molar-refractivity contribution in [3.05, 3.63) is 57.3 Å². The van der Waals surface area contributed by atoms with E-state index in [0.29, 0.717) is 11.3 Å². The van der Waals surface area contributed by atoms with Crippen molar-refractivity contribution in [1.29, 1.82) is 0 Å². The van der Waals surface area contributed by atoms with E-state index in [0.717, 1.165) is 21.3 Å². The molecule has 0 spiro atoms. The first-order chi connectivity index (χ1) is 9.01. The first kappa shape index (κ1) is 14.0. The molecule has 19 heavy (non-hydrogen) atoms. The molecule has 0 radical (unpaired) electrons. The molecule has 0 atom stereocenters. The van der Waals surface area contributed by atoms with Crippen LogP contribution in [0.1, 0.15) is 16.7 Å². The van der Waals surface area contributed by atoms with E-state index in [2.05, 4.69) is 15.9 Å². The third-order valence-electron chi connectivity index (χ3n) is 2.88. The molecule has 100 valence electrons. The van der Waals surface area contributed by atoms with Gasteiger partial charge in [0.05, 0.1) is 0 Å². The number of hydrogen-bond acceptors (Lipinski definition) is 2. The van der Waals surface area contributed by atoms with Gasteiger partial charge in [0.15, 0.2) is 0 Å². The third kappa shape index (κ3) is 3.14. The Bertz CT molecular complexity index is 590. The Kier molecular flexibility index (Phi) is 4.22. The summed E-state index contributed by atoms with van der Waals surface area (Å²) in [6, 6.07) is 8.23. The first-order valence-corrected chi connectivity index (χ1v) is 6.73. The van der Waals surface area contributed by atoms with E-state index >= 15 is 0 Å². The highest BCUT2D eigenvalue weighted by atomic mass is 79.9. The summed E-state index contributed by atoms with van der Waals surface area (Å²) >= 11 is 3.51. The lowest BCUT2D eigenvalue weighted by molar-refractivity contribution is 0.473. The molecule has 2 aromatic carbocycles. The maximum Gasteiger partial charge on any atom is 0.132 e. The molecule has 4 heteroatoms. The Morgan fingerprint density at radius 3 is 2.37 bits per heavy atom. The molecule has 0 aliphatic carbocycles. The normalized spacial score (nSPS) is 10.6. The largest absolute Gasteiger partial charge is 0.457 e. The van der Waals surface area contributed by atoms with Gasteiger partial charge in [-0.2, -0.15) is 0 Å². The predicted octanol–water partition coefficient (Wildman–Crippen LogP) is 4.46. The van der Waals surface area contributed by atoms with E-state index in [1.807, 2.05) is 26.0 Å². The Balaban J connectivity index is 2.36. The highest BCUT2D eigenvalue weighted by Crippen LogP contribution is 2.31. The van der Waals surface area contributed by atoms with Crippen LogP contribution < -0.4 is 10.5 Å². The van der Waals surface area contributed by atoms with Gasteiger partial charge in [-0.1, -0.05) is 15.9 Å². The number of benzene rings is 2. The average molecular weight is 324 g/mol. The molecular formula is C15H15BrFNO. The topological polar surface area (TPSA) is 35.2 Å². The number of halogens is 2. The molecule has 0 saturated heterocycles. The summed E-state index contributed by atoms with van der Waals surface area (Å²) in [6.45, 7) is 4.23. The van der Waals surface area contributed by atoms with E-state index in [1.54, 1.807) is 6.07 Å². The van der Waals surface area contributed by atoms with Crippen molar-refractivity contribution in [1.82, 2.24) is 0 Å². The average Bonchev–Trinajstić information content (AvgIpc) is 2.38. The van der Waals surface area contributed by atoms with E-state index in [1.165, 1.54) is 12.1 Å². The molecule has 0 saturated carbocycles. The summed E-state index contributed by atoms with van der Waals surface area (Å²) in [4.78, 5) is 0. The summed E-state index contributed by atoms with van der Waals surface area (Å²) < 4.78 is 20.0. The predicted molar refractivity (Wildman–Crippen MR) is 78.0 cm³/mol. The van der Waals surface area contributed by atoms with Crippen molar-refractivity contribution in [2.24, 2.45) is 5.73 Å². The van der Waals surface area contributed by atoms with Crippen LogP contribution >= 0.6 is 15.9 Å². The lowest BCUT2D eigenvalue weighted by Gasteiger charge is -2.12. The van der Waals surface area contributed by atoms with Crippen molar-refractivity contribution in [2.75, 3.05) is 0 Å². The fourth-order valence-electron chi connectivity index (χ4n) is 1.90. The molecule has 0 amide bonds. The highest BCUT2D eigenvalue weighted by Gasteiger charge is 2.08. The van der Waals surface area contributed by atoms with Crippen LogP contribution in [-0.4, -0.2) is 0 Å². The number of ether oxygens (including phenoxy) is 1. The maximum absolute atomic E-state index is 13.1. The molecule has 0 aromatic heterocycles. The minimum absolute atomic E-state index is 0.238. The summed E-state index contributed by atoms with van der Waals surface area (Å²) in [5.41, 5.74) is 8.43. The van der Waals surface area contributed by atoms with E-state index in [4.69, 9.17) is 10.5 Å². The Labute approximate surface area is 120 Å². The second-order valence-electron chi connectivity index (χ2n) is 4.43. The van der Waals surface area contributed by atoms with Crippen molar-refractivity contribution in [2.45, 2.75) is 20.4 Å².